The average Bonchev–Trinajstić information content (AvgIpc) is 2.02. The van der Waals surface area contributed by atoms with Crippen molar-refractivity contribution in [1.29, 1.82) is 0 Å². The summed E-state index contributed by atoms with van der Waals surface area (Å²) in [4.78, 5) is -0.0132. The number of hydrogen-bond acceptors (Lipinski definition) is 2. The van der Waals surface area contributed by atoms with Crippen molar-refractivity contribution in [2.75, 3.05) is 0 Å². The van der Waals surface area contributed by atoms with Gasteiger partial charge in [0.1, 0.15) is 0 Å². The summed E-state index contributed by atoms with van der Waals surface area (Å²) in [7, 11) is -3.81. The lowest BCUT2D eigenvalue weighted by atomic mass is 10.4. The van der Waals surface area contributed by atoms with Gasteiger partial charge in [0.05, 0.1) is 4.90 Å². The van der Waals surface area contributed by atoms with E-state index < -0.39 is 14.7 Å². The van der Waals surface area contributed by atoms with E-state index in [0.717, 1.165) is 0 Å². The zero-order valence-corrected chi connectivity index (χ0v) is 9.70. The molecular weight excluding hydrogens is 269 g/mol. The summed E-state index contributed by atoms with van der Waals surface area (Å²) in [6.45, 7) is 0. The molecule has 0 aliphatic rings. The highest BCUT2D eigenvalue weighted by Gasteiger charge is 2.12. The summed E-state index contributed by atoms with van der Waals surface area (Å²) in [5.74, 6) is 0. The van der Waals surface area contributed by atoms with Gasteiger partial charge in [-0.1, -0.05) is 11.6 Å². The lowest BCUT2D eigenvalue weighted by Gasteiger charge is -1.97. The summed E-state index contributed by atoms with van der Waals surface area (Å²) < 4.78 is 25.2. The Hall–Kier alpha value is -0.290. The number of benzene rings is 1. The predicted octanol–water partition coefficient (Wildman–Crippen LogP) is 2.86. The fourth-order valence-electron chi connectivity index (χ4n) is 0.750. The molecule has 1 rings (SSSR count). The van der Waals surface area contributed by atoms with Crippen LogP contribution in [0.2, 0.25) is 5.02 Å². The van der Waals surface area contributed by atoms with Crippen molar-refractivity contribution in [3.05, 3.63) is 29.3 Å². The molecule has 7 heteroatoms. The van der Waals surface area contributed by atoms with Gasteiger partial charge in [0.25, 0.3) is 10.0 Å². The van der Waals surface area contributed by atoms with Crippen LogP contribution in [0.1, 0.15) is 0 Å². The highest BCUT2D eigenvalue weighted by atomic mass is 35.5. The molecule has 0 N–H and O–H groups in total. The van der Waals surface area contributed by atoms with Gasteiger partial charge in [-0.25, -0.2) is 0 Å². The number of halogens is 3. The van der Waals surface area contributed by atoms with Crippen LogP contribution in [0.5, 0.6) is 0 Å². The molecule has 76 valence electrons. The Morgan fingerprint density at radius 1 is 1.14 bits per heavy atom. The summed E-state index contributed by atoms with van der Waals surface area (Å²) >= 11 is 15.9. The minimum absolute atomic E-state index is 0.0132. The Kier molecular flexibility index (Phi) is 3.78. The van der Waals surface area contributed by atoms with E-state index in [1.54, 1.807) is 0 Å². The molecule has 0 heterocycles. The van der Waals surface area contributed by atoms with Crippen LogP contribution in [0.4, 0.5) is 0 Å². The molecule has 14 heavy (non-hydrogen) atoms. The highest BCUT2D eigenvalue weighted by molar-refractivity contribution is 7.90. The molecule has 0 saturated carbocycles. The average molecular weight is 273 g/mol. The molecular formula is C7H4Cl3NO2S. The van der Waals surface area contributed by atoms with E-state index in [9.17, 15) is 8.42 Å². The second-order valence-corrected chi connectivity index (χ2v) is 5.21. The molecule has 0 fully saturated rings. The van der Waals surface area contributed by atoms with Gasteiger partial charge in [0.2, 0.25) is 4.63 Å². The van der Waals surface area contributed by atoms with E-state index in [-0.39, 0.29) is 4.90 Å². The maximum absolute atomic E-state index is 11.4. The second-order valence-electron chi connectivity index (χ2n) is 2.26. The van der Waals surface area contributed by atoms with Crippen molar-refractivity contribution in [3.8, 4) is 0 Å². The molecule has 0 aliphatic heterocycles. The molecule has 0 spiro atoms. The lowest BCUT2D eigenvalue weighted by molar-refractivity contribution is 0.598. The van der Waals surface area contributed by atoms with E-state index >= 15 is 0 Å². The third-order valence-electron chi connectivity index (χ3n) is 1.30. The summed E-state index contributed by atoms with van der Waals surface area (Å²) in [6, 6.07) is 5.51. The maximum Gasteiger partial charge on any atom is 0.284 e. The molecule has 0 amide bonds. The van der Waals surface area contributed by atoms with Crippen molar-refractivity contribution in [3.63, 3.8) is 0 Å². The molecule has 1 aromatic rings. The molecule has 0 saturated heterocycles. The van der Waals surface area contributed by atoms with Crippen molar-refractivity contribution < 1.29 is 8.42 Å². The van der Waals surface area contributed by atoms with Crippen LogP contribution < -0.4 is 0 Å². The van der Waals surface area contributed by atoms with Gasteiger partial charge in [0, 0.05) is 5.02 Å². The summed E-state index contributed by atoms with van der Waals surface area (Å²) in [5.41, 5.74) is 0. The molecule has 0 radical (unpaired) electrons. The van der Waals surface area contributed by atoms with Crippen molar-refractivity contribution >= 4 is 49.5 Å². The van der Waals surface area contributed by atoms with Crippen LogP contribution in [0, 0.1) is 0 Å². The Bertz CT molecular complexity index is 448. The number of nitrogens with zero attached hydrogens (tertiary/aromatic N) is 1. The third kappa shape index (κ3) is 3.13. The van der Waals surface area contributed by atoms with Crippen LogP contribution in [0.25, 0.3) is 0 Å². The number of sulfonamides is 1. The van der Waals surface area contributed by atoms with E-state index in [1.165, 1.54) is 24.3 Å². The molecule has 3 nitrogen and oxygen atoms in total. The van der Waals surface area contributed by atoms with Gasteiger partial charge < -0.3 is 0 Å². The molecule has 0 aromatic heterocycles. The summed E-state index contributed by atoms with van der Waals surface area (Å²) in [6.07, 6.45) is 0. The van der Waals surface area contributed by atoms with Gasteiger partial charge in [-0.3, -0.25) is 0 Å². The smallest absolute Gasteiger partial charge is 0.199 e. The third-order valence-corrected chi connectivity index (χ3v) is 3.21. The molecule has 0 atom stereocenters. The quantitative estimate of drug-likeness (QED) is 0.777. The first-order valence-corrected chi connectivity index (χ1v) is 5.91. The standard InChI is InChI=1S/C7H4Cl3NO2S/c8-5-1-3-6(4-2-5)14(12,13)11-7(9)10/h1-4H. The van der Waals surface area contributed by atoms with Crippen LogP contribution in [0.3, 0.4) is 0 Å². The minimum atomic E-state index is -3.81. The van der Waals surface area contributed by atoms with E-state index in [2.05, 4.69) is 4.40 Å². The molecule has 1 aromatic carbocycles. The zero-order chi connectivity index (χ0) is 10.8. The van der Waals surface area contributed by atoms with E-state index in [0.29, 0.717) is 5.02 Å². The Balaban J connectivity index is 3.18. The largest absolute Gasteiger partial charge is 0.284 e. The Labute approximate surface area is 96.4 Å². The van der Waals surface area contributed by atoms with Crippen molar-refractivity contribution in [1.82, 2.24) is 0 Å². The van der Waals surface area contributed by atoms with E-state index in [4.69, 9.17) is 34.8 Å². The fraction of sp³-hybridized carbons (Fsp3) is 0. The Morgan fingerprint density at radius 3 is 2.07 bits per heavy atom. The van der Waals surface area contributed by atoms with Crippen LogP contribution in [-0.4, -0.2) is 13.0 Å². The Morgan fingerprint density at radius 2 is 1.64 bits per heavy atom. The highest BCUT2D eigenvalue weighted by Crippen LogP contribution is 2.16. The first-order valence-electron chi connectivity index (χ1n) is 3.33. The molecule has 0 bridgehead atoms. The molecule has 0 aliphatic carbocycles. The van der Waals surface area contributed by atoms with Crippen LogP contribution >= 0.6 is 34.8 Å². The van der Waals surface area contributed by atoms with Crippen molar-refractivity contribution in [2.45, 2.75) is 4.90 Å². The zero-order valence-electron chi connectivity index (χ0n) is 6.62. The lowest BCUT2D eigenvalue weighted by Crippen LogP contribution is -1.97. The van der Waals surface area contributed by atoms with Crippen LogP contribution in [0.15, 0.2) is 33.6 Å². The molecule has 0 unspecified atom stereocenters. The first-order chi connectivity index (χ1) is 6.42. The number of rotatable bonds is 2. The first kappa shape index (κ1) is 11.8. The summed E-state index contributed by atoms with van der Waals surface area (Å²) in [5, 5.41) is 0.435. The fourth-order valence-corrected chi connectivity index (χ4v) is 2.19. The normalized spacial score (nSPS) is 11.1. The van der Waals surface area contributed by atoms with Gasteiger partial charge in [-0.2, -0.15) is 8.42 Å². The topological polar surface area (TPSA) is 46.5 Å². The van der Waals surface area contributed by atoms with Crippen molar-refractivity contribution in [2.24, 2.45) is 4.40 Å². The van der Waals surface area contributed by atoms with Gasteiger partial charge in [0.15, 0.2) is 0 Å². The van der Waals surface area contributed by atoms with Gasteiger partial charge in [-0.05, 0) is 47.5 Å². The minimum Gasteiger partial charge on any atom is -0.199 e. The number of hydrogen-bond donors (Lipinski definition) is 0. The predicted molar refractivity (Wildman–Crippen MR) is 57.8 cm³/mol. The van der Waals surface area contributed by atoms with E-state index in [1.807, 2.05) is 0 Å². The SMILES string of the molecule is O=S(=O)(N=C(Cl)Cl)c1ccc(Cl)cc1. The van der Waals surface area contributed by atoms with Gasteiger partial charge in [-0.15, -0.1) is 4.40 Å². The van der Waals surface area contributed by atoms with Gasteiger partial charge >= 0.3 is 0 Å². The maximum atomic E-state index is 11.4. The second kappa shape index (κ2) is 4.49. The monoisotopic (exact) mass is 271 g/mol. The van der Waals surface area contributed by atoms with Crippen LogP contribution in [-0.2, 0) is 10.0 Å².